The SMILES string of the molecule is CCCC(N)C(=O)OCC.Cl. The topological polar surface area (TPSA) is 52.3 Å². The van der Waals surface area contributed by atoms with Crippen LogP contribution in [-0.2, 0) is 9.53 Å². The average molecular weight is 182 g/mol. The Morgan fingerprint density at radius 2 is 2.09 bits per heavy atom. The predicted molar refractivity (Wildman–Crippen MR) is 46.8 cm³/mol. The lowest BCUT2D eigenvalue weighted by molar-refractivity contribution is -0.144. The first-order chi connectivity index (χ1) is 4.72. The lowest BCUT2D eigenvalue weighted by atomic mass is 10.2. The third kappa shape index (κ3) is 6.13. The molecular formula is C7H16ClNO2. The van der Waals surface area contributed by atoms with Gasteiger partial charge in [-0.15, -0.1) is 12.4 Å². The van der Waals surface area contributed by atoms with Gasteiger partial charge in [-0.05, 0) is 13.3 Å². The highest BCUT2D eigenvalue weighted by atomic mass is 35.5. The van der Waals surface area contributed by atoms with Gasteiger partial charge in [-0.1, -0.05) is 13.3 Å². The Balaban J connectivity index is 0. The van der Waals surface area contributed by atoms with Crippen LogP contribution in [0.2, 0.25) is 0 Å². The van der Waals surface area contributed by atoms with E-state index in [9.17, 15) is 4.79 Å². The molecule has 0 aromatic carbocycles. The van der Waals surface area contributed by atoms with Gasteiger partial charge < -0.3 is 10.5 Å². The van der Waals surface area contributed by atoms with Gasteiger partial charge in [0.1, 0.15) is 6.04 Å². The molecule has 0 heterocycles. The number of hydrogen-bond acceptors (Lipinski definition) is 3. The summed E-state index contributed by atoms with van der Waals surface area (Å²) in [7, 11) is 0. The summed E-state index contributed by atoms with van der Waals surface area (Å²) in [6.07, 6.45) is 1.62. The molecule has 0 spiro atoms. The summed E-state index contributed by atoms with van der Waals surface area (Å²) in [4.78, 5) is 10.8. The molecule has 0 aromatic heterocycles. The van der Waals surface area contributed by atoms with Crippen molar-refractivity contribution in [2.75, 3.05) is 6.61 Å². The van der Waals surface area contributed by atoms with Crippen molar-refractivity contribution in [2.45, 2.75) is 32.7 Å². The molecule has 1 atom stereocenters. The summed E-state index contributed by atoms with van der Waals surface area (Å²) in [6.45, 7) is 4.17. The summed E-state index contributed by atoms with van der Waals surface area (Å²) in [5.74, 6) is -0.288. The fraction of sp³-hybridized carbons (Fsp3) is 0.857. The Kier molecular flexibility index (Phi) is 9.47. The number of halogens is 1. The van der Waals surface area contributed by atoms with Crippen molar-refractivity contribution in [3.05, 3.63) is 0 Å². The van der Waals surface area contributed by atoms with Gasteiger partial charge in [-0.2, -0.15) is 0 Å². The summed E-state index contributed by atoms with van der Waals surface area (Å²) in [6, 6.07) is -0.426. The fourth-order valence-corrected chi connectivity index (χ4v) is 0.678. The van der Waals surface area contributed by atoms with Crippen molar-refractivity contribution >= 4 is 18.4 Å². The molecule has 0 amide bonds. The summed E-state index contributed by atoms with van der Waals surface area (Å²) < 4.78 is 4.69. The Morgan fingerprint density at radius 1 is 1.55 bits per heavy atom. The largest absolute Gasteiger partial charge is 0.465 e. The van der Waals surface area contributed by atoms with Gasteiger partial charge in [0.15, 0.2) is 0 Å². The predicted octanol–water partition coefficient (Wildman–Crippen LogP) is 1.10. The first kappa shape index (κ1) is 13.3. The fourth-order valence-electron chi connectivity index (χ4n) is 0.678. The number of nitrogens with two attached hydrogens (primary N) is 1. The van der Waals surface area contributed by atoms with E-state index in [-0.39, 0.29) is 18.4 Å². The first-order valence-corrected chi connectivity index (χ1v) is 3.64. The maximum atomic E-state index is 10.8. The monoisotopic (exact) mass is 181 g/mol. The number of esters is 1. The van der Waals surface area contributed by atoms with Gasteiger partial charge in [0.05, 0.1) is 6.61 Å². The van der Waals surface area contributed by atoms with E-state index in [2.05, 4.69) is 0 Å². The van der Waals surface area contributed by atoms with Crippen LogP contribution in [0.3, 0.4) is 0 Å². The van der Waals surface area contributed by atoms with Crippen LogP contribution in [0.15, 0.2) is 0 Å². The summed E-state index contributed by atoms with van der Waals surface area (Å²) in [5, 5.41) is 0. The number of rotatable bonds is 4. The molecule has 3 nitrogen and oxygen atoms in total. The van der Waals surface area contributed by atoms with E-state index in [1.165, 1.54) is 0 Å². The first-order valence-electron chi connectivity index (χ1n) is 3.64. The van der Waals surface area contributed by atoms with Crippen molar-refractivity contribution in [1.82, 2.24) is 0 Å². The molecule has 2 N–H and O–H groups in total. The molecule has 0 fully saturated rings. The van der Waals surface area contributed by atoms with Crippen LogP contribution in [0.1, 0.15) is 26.7 Å². The average Bonchev–Trinajstić information content (AvgIpc) is 1.89. The van der Waals surface area contributed by atoms with Gasteiger partial charge in [-0.25, -0.2) is 0 Å². The van der Waals surface area contributed by atoms with Crippen LogP contribution >= 0.6 is 12.4 Å². The zero-order chi connectivity index (χ0) is 7.98. The zero-order valence-corrected chi connectivity index (χ0v) is 7.82. The van der Waals surface area contributed by atoms with Crippen molar-refractivity contribution in [1.29, 1.82) is 0 Å². The Bertz CT molecular complexity index is 109. The van der Waals surface area contributed by atoms with Crippen LogP contribution < -0.4 is 5.73 Å². The van der Waals surface area contributed by atoms with E-state index >= 15 is 0 Å². The van der Waals surface area contributed by atoms with Crippen LogP contribution in [0, 0.1) is 0 Å². The molecule has 11 heavy (non-hydrogen) atoms. The van der Waals surface area contributed by atoms with E-state index in [1.54, 1.807) is 6.92 Å². The van der Waals surface area contributed by atoms with Crippen LogP contribution in [0.25, 0.3) is 0 Å². The minimum absolute atomic E-state index is 0. The maximum absolute atomic E-state index is 10.8. The van der Waals surface area contributed by atoms with Crippen molar-refractivity contribution in [2.24, 2.45) is 5.73 Å². The highest BCUT2D eigenvalue weighted by Crippen LogP contribution is 1.95. The Labute approximate surface area is 73.7 Å². The summed E-state index contributed by atoms with van der Waals surface area (Å²) >= 11 is 0. The molecule has 0 saturated heterocycles. The van der Waals surface area contributed by atoms with Gasteiger partial charge in [0, 0.05) is 0 Å². The number of hydrogen-bond donors (Lipinski definition) is 1. The van der Waals surface area contributed by atoms with E-state index < -0.39 is 6.04 Å². The van der Waals surface area contributed by atoms with Gasteiger partial charge >= 0.3 is 5.97 Å². The molecule has 0 saturated carbocycles. The highest BCUT2D eigenvalue weighted by molar-refractivity contribution is 5.85. The van der Waals surface area contributed by atoms with Crippen LogP contribution in [-0.4, -0.2) is 18.6 Å². The maximum Gasteiger partial charge on any atom is 0.322 e. The number of carbonyl (C=O) groups excluding carboxylic acids is 1. The van der Waals surface area contributed by atoms with E-state index in [0.717, 1.165) is 6.42 Å². The highest BCUT2D eigenvalue weighted by Gasteiger charge is 2.11. The summed E-state index contributed by atoms with van der Waals surface area (Å²) in [5.41, 5.74) is 5.44. The van der Waals surface area contributed by atoms with Crippen molar-refractivity contribution in [3.63, 3.8) is 0 Å². The minimum atomic E-state index is -0.426. The quantitative estimate of drug-likeness (QED) is 0.661. The molecule has 0 aliphatic heterocycles. The molecule has 4 heteroatoms. The second-order valence-electron chi connectivity index (χ2n) is 2.15. The lowest BCUT2D eigenvalue weighted by Crippen LogP contribution is -2.31. The van der Waals surface area contributed by atoms with E-state index in [0.29, 0.717) is 13.0 Å². The smallest absolute Gasteiger partial charge is 0.322 e. The van der Waals surface area contributed by atoms with Crippen molar-refractivity contribution in [3.8, 4) is 0 Å². The standard InChI is InChI=1S/C7H15NO2.ClH/c1-3-5-6(8)7(9)10-4-2;/h6H,3-5,8H2,1-2H3;1H. The zero-order valence-electron chi connectivity index (χ0n) is 7.00. The second-order valence-corrected chi connectivity index (χ2v) is 2.15. The van der Waals surface area contributed by atoms with Gasteiger partial charge in [0.2, 0.25) is 0 Å². The molecule has 0 bridgehead atoms. The molecule has 0 radical (unpaired) electrons. The molecule has 68 valence electrons. The minimum Gasteiger partial charge on any atom is -0.465 e. The molecule has 0 aliphatic rings. The Hall–Kier alpha value is -0.280. The molecule has 1 unspecified atom stereocenters. The number of ether oxygens (including phenoxy) is 1. The van der Waals surface area contributed by atoms with Crippen molar-refractivity contribution < 1.29 is 9.53 Å². The molecular weight excluding hydrogens is 166 g/mol. The van der Waals surface area contributed by atoms with E-state index in [4.69, 9.17) is 10.5 Å². The van der Waals surface area contributed by atoms with Gasteiger partial charge in [0.25, 0.3) is 0 Å². The van der Waals surface area contributed by atoms with Gasteiger partial charge in [-0.3, -0.25) is 4.79 Å². The second kappa shape index (κ2) is 7.82. The third-order valence-corrected chi connectivity index (χ3v) is 1.19. The third-order valence-electron chi connectivity index (χ3n) is 1.19. The van der Waals surface area contributed by atoms with Crippen LogP contribution in [0.4, 0.5) is 0 Å². The number of carbonyl (C=O) groups is 1. The normalized spacial score (nSPS) is 11.5. The van der Waals surface area contributed by atoms with Crippen LogP contribution in [0.5, 0.6) is 0 Å². The lowest BCUT2D eigenvalue weighted by Gasteiger charge is -2.07. The molecule has 0 aromatic rings. The molecule has 0 rings (SSSR count). The van der Waals surface area contributed by atoms with E-state index in [1.807, 2.05) is 6.92 Å². The Morgan fingerprint density at radius 3 is 2.45 bits per heavy atom. The molecule has 0 aliphatic carbocycles.